The Kier molecular flexibility index (Phi) is 8.41. The first-order valence-electron chi connectivity index (χ1n) is 10.9. The second-order valence-electron chi connectivity index (χ2n) is 7.86. The highest BCUT2D eigenvalue weighted by molar-refractivity contribution is 5.89. The van der Waals surface area contributed by atoms with Crippen LogP contribution in [0.2, 0.25) is 0 Å². The van der Waals surface area contributed by atoms with E-state index in [2.05, 4.69) is 15.5 Å². The molecule has 1 unspecified atom stereocenters. The van der Waals surface area contributed by atoms with Gasteiger partial charge in [0, 0.05) is 31.4 Å². The summed E-state index contributed by atoms with van der Waals surface area (Å²) < 4.78 is 13.5. The Hall–Kier alpha value is -2.93. The minimum absolute atomic E-state index is 0.0207. The number of carbonyl (C=O) groups is 2. The van der Waals surface area contributed by atoms with E-state index < -0.39 is 0 Å². The fourth-order valence-electron chi connectivity index (χ4n) is 3.91. The Labute approximate surface area is 183 Å². The van der Waals surface area contributed by atoms with Crippen LogP contribution in [0.4, 0.5) is 14.9 Å². The van der Waals surface area contributed by atoms with Gasteiger partial charge in [-0.25, -0.2) is 9.18 Å². The van der Waals surface area contributed by atoms with Crippen LogP contribution in [-0.4, -0.2) is 54.0 Å². The van der Waals surface area contributed by atoms with E-state index in [1.54, 1.807) is 11.0 Å². The lowest BCUT2D eigenvalue weighted by atomic mass is 10.0. The van der Waals surface area contributed by atoms with E-state index in [0.717, 1.165) is 37.1 Å². The number of halogens is 1. The van der Waals surface area contributed by atoms with E-state index in [-0.39, 0.29) is 23.8 Å². The number of hydrogen-bond donors (Lipinski definition) is 2. The van der Waals surface area contributed by atoms with E-state index in [1.807, 2.05) is 43.3 Å². The van der Waals surface area contributed by atoms with Crippen molar-refractivity contribution in [3.63, 3.8) is 0 Å². The van der Waals surface area contributed by atoms with Crippen molar-refractivity contribution < 1.29 is 14.0 Å². The summed E-state index contributed by atoms with van der Waals surface area (Å²) in [5, 5.41) is 5.76. The second-order valence-corrected chi connectivity index (χ2v) is 7.86. The van der Waals surface area contributed by atoms with E-state index in [4.69, 9.17) is 0 Å². The monoisotopic (exact) mass is 426 g/mol. The lowest BCUT2D eigenvalue weighted by Gasteiger charge is -2.36. The number of nitrogens with zero attached hydrogens (tertiary/aromatic N) is 2. The molecule has 0 aliphatic carbocycles. The number of amides is 3. The molecule has 6 nitrogen and oxygen atoms in total. The van der Waals surface area contributed by atoms with Crippen molar-refractivity contribution in [1.82, 2.24) is 15.1 Å². The SMILES string of the molecule is CCN(Cc1cccc(F)c1)C(=O)CN1CCCCC1CNC(=O)Nc1ccccc1. The largest absolute Gasteiger partial charge is 0.338 e. The third-order valence-corrected chi connectivity index (χ3v) is 5.61. The Bertz CT molecular complexity index is 862. The van der Waals surface area contributed by atoms with Crippen LogP contribution in [0.1, 0.15) is 31.7 Å². The predicted octanol–water partition coefficient (Wildman–Crippen LogP) is 3.85. The molecule has 1 heterocycles. The van der Waals surface area contributed by atoms with Gasteiger partial charge in [0.25, 0.3) is 0 Å². The van der Waals surface area contributed by atoms with Gasteiger partial charge in [-0.3, -0.25) is 9.69 Å². The zero-order chi connectivity index (χ0) is 22.1. The molecule has 2 aromatic rings. The summed E-state index contributed by atoms with van der Waals surface area (Å²) in [6.45, 7) is 4.50. The predicted molar refractivity (Wildman–Crippen MR) is 120 cm³/mol. The first-order valence-corrected chi connectivity index (χ1v) is 10.9. The van der Waals surface area contributed by atoms with Crippen molar-refractivity contribution in [3.8, 4) is 0 Å². The molecule has 3 amide bonds. The number of carbonyl (C=O) groups excluding carboxylic acids is 2. The number of nitrogens with one attached hydrogen (secondary N) is 2. The molecule has 1 atom stereocenters. The highest BCUT2D eigenvalue weighted by Crippen LogP contribution is 2.17. The molecule has 3 rings (SSSR count). The molecule has 0 bridgehead atoms. The quantitative estimate of drug-likeness (QED) is 0.674. The number of rotatable bonds is 8. The van der Waals surface area contributed by atoms with Crippen LogP contribution >= 0.6 is 0 Å². The van der Waals surface area contributed by atoms with Crippen LogP contribution in [0, 0.1) is 5.82 Å². The maximum Gasteiger partial charge on any atom is 0.319 e. The van der Waals surface area contributed by atoms with Crippen LogP contribution in [0.25, 0.3) is 0 Å². The third kappa shape index (κ3) is 7.07. The van der Waals surface area contributed by atoms with E-state index in [9.17, 15) is 14.0 Å². The maximum atomic E-state index is 13.5. The zero-order valence-corrected chi connectivity index (χ0v) is 18.0. The molecular weight excluding hydrogens is 395 g/mol. The van der Waals surface area contributed by atoms with Gasteiger partial charge >= 0.3 is 6.03 Å². The van der Waals surface area contributed by atoms with Crippen molar-refractivity contribution in [3.05, 3.63) is 66.0 Å². The number of anilines is 1. The number of hydrogen-bond acceptors (Lipinski definition) is 3. The molecule has 0 saturated carbocycles. The summed E-state index contributed by atoms with van der Waals surface area (Å²) in [6, 6.07) is 15.5. The molecule has 166 valence electrons. The molecule has 0 radical (unpaired) electrons. The van der Waals surface area contributed by atoms with E-state index in [0.29, 0.717) is 26.2 Å². The Morgan fingerprint density at radius 2 is 1.94 bits per heavy atom. The smallest absolute Gasteiger partial charge is 0.319 e. The van der Waals surface area contributed by atoms with Crippen molar-refractivity contribution in [2.24, 2.45) is 0 Å². The average Bonchev–Trinajstić information content (AvgIpc) is 2.77. The molecular formula is C24H31FN4O2. The summed E-state index contributed by atoms with van der Waals surface area (Å²) >= 11 is 0. The van der Waals surface area contributed by atoms with Gasteiger partial charge in [-0.15, -0.1) is 0 Å². The van der Waals surface area contributed by atoms with E-state index in [1.165, 1.54) is 12.1 Å². The Balaban J connectivity index is 1.52. The summed E-state index contributed by atoms with van der Waals surface area (Å²) in [6.07, 6.45) is 3.06. The number of para-hydroxylation sites is 1. The Morgan fingerprint density at radius 3 is 2.68 bits per heavy atom. The second kappa shape index (κ2) is 11.5. The van der Waals surface area contributed by atoms with Crippen molar-refractivity contribution >= 4 is 17.6 Å². The molecule has 1 saturated heterocycles. The summed E-state index contributed by atoms with van der Waals surface area (Å²) in [5.74, 6) is -0.274. The average molecular weight is 427 g/mol. The Morgan fingerprint density at radius 1 is 1.13 bits per heavy atom. The van der Waals surface area contributed by atoms with Crippen LogP contribution in [0.3, 0.4) is 0 Å². The molecule has 1 aliphatic heterocycles. The highest BCUT2D eigenvalue weighted by Gasteiger charge is 2.26. The van der Waals surface area contributed by atoms with Gasteiger partial charge in [0.2, 0.25) is 5.91 Å². The summed E-state index contributed by atoms with van der Waals surface area (Å²) in [4.78, 5) is 29.1. The van der Waals surface area contributed by atoms with Gasteiger partial charge in [-0.2, -0.15) is 0 Å². The molecule has 0 spiro atoms. The highest BCUT2D eigenvalue weighted by atomic mass is 19.1. The first kappa shape index (κ1) is 22.7. The van der Waals surface area contributed by atoms with Gasteiger partial charge in [0.1, 0.15) is 5.82 Å². The number of likely N-dealkylation sites (tertiary alicyclic amines) is 1. The summed E-state index contributed by atoms with van der Waals surface area (Å²) in [7, 11) is 0. The third-order valence-electron chi connectivity index (χ3n) is 5.61. The summed E-state index contributed by atoms with van der Waals surface area (Å²) in [5.41, 5.74) is 1.52. The van der Waals surface area contributed by atoms with Crippen LogP contribution in [0.15, 0.2) is 54.6 Å². The van der Waals surface area contributed by atoms with Gasteiger partial charge < -0.3 is 15.5 Å². The molecule has 0 aromatic heterocycles. The number of urea groups is 1. The normalized spacial score (nSPS) is 16.5. The topological polar surface area (TPSA) is 64.7 Å². The zero-order valence-electron chi connectivity index (χ0n) is 18.0. The van der Waals surface area contributed by atoms with E-state index >= 15 is 0 Å². The molecule has 2 aromatic carbocycles. The van der Waals surface area contributed by atoms with Crippen molar-refractivity contribution in [1.29, 1.82) is 0 Å². The van der Waals surface area contributed by atoms with Crippen LogP contribution in [0.5, 0.6) is 0 Å². The molecule has 7 heteroatoms. The number of benzene rings is 2. The lowest BCUT2D eigenvalue weighted by Crippen LogP contribution is -2.51. The minimum atomic E-state index is -0.294. The standard InChI is InChI=1S/C24H31FN4O2/c1-2-28(17-19-9-8-10-20(25)15-19)23(30)18-29-14-7-6-13-22(29)16-26-24(31)27-21-11-4-3-5-12-21/h3-5,8-12,15,22H,2,6-7,13-14,16-18H2,1H3,(H2,26,27,31). The fourth-order valence-corrected chi connectivity index (χ4v) is 3.91. The molecule has 1 fully saturated rings. The molecule has 31 heavy (non-hydrogen) atoms. The fraction of sp³-hybridized carbons (Fsp3) is 0.417. The van der Waals surface area contributed by atoms with Gasteiger partial charge in [-0.05, 0) is 56.1 Å². The minimum Gasteiger partial charge on any atom is -0.338 e. The molecule has 1 aliphatic rings. The van der Waals surface area contributed by atoms with Gasteiger partial charge in [0.15, 0.2) is 0 Å². The van der Waals surface area contributed by atoms with Gasteiger partial charge in [-0.1, -0.05) is 36.8 Å². The number of likely N-dealkylation sites (N-methyl/N-ethyl adjacent to an activating group) is 1. The lowest BCUT2D eigenvalue weighted by molar-refractivity contribution is -0.133. The van der Waals surface area contributed by atoms with Crippen molar-refractivity contribution in [2.45, 2.75) is 38.8 Å². The maximum absolute atomic E-state index is 13.5. The van der Waals surface area contributed by atoms with Crippen LogP contribution in [-0.2, 0) is 11.3 Å². The molecule has 2 N–H and O–H groups in total. The first-order chi connectivity index (χ1) is 15.0. The van der Waals surface area contributed by atoms with Crippen LogP contribution < -0.4 is 10.6 Å². The number of piperidine rings is 1. The van der Waals surface area contributed by atoms with Crippen molar-refractivity contribution in [2.75, 3.05) is 31.5 Å². The van der Waals surface area contributed by atoms with Gasteiger partial charge in [0.05, 0.1) is 6.54 Å².